The molecule has 0 unspecified atom stereocenters. The fraction of sp³-hybridized carbons (Fsp3) is 0.435. The summed E-state index contributed by atoms with van der Waals surface area (Å²) >= 11 is 0. The van der Waals surface area contributed by atoms with E-state index in [0.717, 1.165) is 25.9 Å². The number of pyridine rings is 1. The zero-order valence-electron chi connectivity index (χ0n) is 17.3. The van der Waals surface area contributed by atoms with Gasteiger partial charge in [-0.15, -0.1) is 0 Å². The zero-order valence-corrected chi connectivity index (χ0v) is 17.3. The van der Waals surface area contributed by atoms with Crippen LogP contribution in [0.15, 0.2) is 36.5 Å². The van der Waals surface area contributed by atoms with Crippen LogP contribution in [0.3, 0.4) is 0 Å². The Morgan fingerprint density at radius 2 is 1.60 bits per heavy atom. The summed E-state index contributed by atoms with van der Waals surface area (Å²) in [5.41, 5.74) is 1.52. The van der Waals surface area contributed by atoms with Crippen molar-refractivity contribution in [1.82, 2.24) is 14.8 Å². The topological polar surface area (TPSA) is 56.8 Å². The van der Waals surface area contributed by atoms with E-state index < -0.39 is 0 Å². The monoisotopic (exact) mass is 410 g/mol. The molecule has 1 aromatic heterocycles. The van der Waals surface area contributed by atoms with Crippen molar-refractivity contribution in [3.8, 4) is 0 Å². The van der Waals surface area contributed by atoms with E-state index in [1.165, 1.54) is 12.5 Å². The van der Waals surface area contributed by atoms with Gasteiger partial charge in [-0.3, -0.25) is 9.59 Å². The van der Waals surface area contributed by atoms with E-state index in [0.29, 0.717) is 48.7 Å². The molecular weight excluding hydrogens is 383 g/mol. The Hall–Kier alpha value is -2.96. The van der Waals surface area contributed by atoms with Gasteiger partial charge in [-0.1, -0.05) is 6.07 Å². The number of halogens is 1. The van der Waals surface area contributed by atoms with Crippen molar-refractivity contribution in [3.63, 3.8) is 0 Å². The average molecular weight is 410 g/mol. The first-order chi connectivity index (χ1) is 14.5. The Balaban J connectivity index is 1.45. The molecule has 2 aliphatic rings. The molecule has 3 heterocycles. The Morgan fingerprint density at radius 3 is 2.30 bits per heavy atom. The molecule has 158 valence electrons. The number of likely N-dealkylation sites (tertiary alicyclic amines) is 1. The number of carbonyl (C=O) groups is 2. The fourth-order valence-corrected chi connectivity index (χ4v) is 4.11. The predicted octanol–water partition coefficient (Wildman–Crippen LogP) is 3.12. The number of anilines is 1. The fourth-order valence-electron chi connectivity index (χ4n) is 4.11. The molecule has 7 heteroatoms. The second-order valence-corrected chi connectivity index (χ2v) is 7.97. The van der Waals surface area contributed by atoms with Crippen LogP contribution in [-0.2, 0) is 0 Å². The summed E-state index contributed by atoms with van der Waals surface area (Å²) in [5, 5.41) is 0. The summed E-state index contributed by atoms with van der Waals surface area (Å²) in [7, 11) is 0. The van der Waals surface area contributed by atoms with Crippen LogP contribution < -0.4 is 4.90 Å². The van der Waals surface area contributed by atoms with Gasteiger partial charge in [0, 0.05) is 51.0 Å². The van der Waals surface area contributed by atoms with Crippen molar-refractivity contribution >= 4 is 17.6 Å². The lowest BCUT2D eigenvalue weighted by molar-refractivity contribution is 0.0717. The van der Waals surface area contributed by atoms with E-state index in [2.05, 4.69) is 9.88 Å². The number of piperidine rings is 1. The second-order valence-electron chi connectivity index (χ2n) is 7.97. The molecule has 30 heavy (non-hydrogen) atoms. The molecule has 2 aromatic rings. The van der Waals surface area contributed by atoms with E-state index in [1.54, 1.807) is 36.2 Å². The lowest BCUT2D eigenvalue weighted by Crippen LogP contribution is -2.49. The van der Waals surface area contributed by atoms with Crippen LogP contribution in [0.5, 0.6) is 0 Å². The molecule has 0 atom stereocenters. The summed E-state index contributed by atoms with van der Waals surface area (Å²) in [4.78, 5) is 36.0. The Labute approximate surface area is 176 Å². The summed E-state index contributed by atoms with van der Waals surface area (Å²) in [5.74, 6) is 0.181. The number of aromatic nitrogens is 1. The Bertz CT molecular complexity index is 935. The minimum Gasteiger partial charge on any atom is -0.352 e. The van der Waals surface area contributed by atoms with Gasteiger partial charge in [0.2, 0.25) is 0 Å². The third-order valence-corrected chi connectivity index (χ3v) is 5.95. The molecule has 0 N–H and O–H groups in total. The van der Waals surface area contributed by atoms with Crippen LogP contribution in [0.1, 0.15) is 45.5 Å². The molecule has 0 aliphatic carbocycles. The number of hydrogen-bond donors (Lipinski definition) is 0. The molecule has 2 aliphatic heterocycles. The van der Waals surface area contributed by atoms with Gasteiger partial charge < -0.3 is 14.7 Å². The van der Waals surface area contributed by atoms with Crippen LogP contribution >= 0.6 is 0 Å². The molecule has 0 saturated carbocycles. The minimum absolute atomic E-state index is 0.0337. The first-order valence-electron chi connectivity index (χ1n) is 10.6. The number of nitrogens with zero attached hydrogens (tertiary/aromatic N) is 4. The quantitative estimate of drug-likeness (QED) is 0.780. The van der Waals surface area contributed by atoms with E-state index in [-0.39, 0.29) is 17.6 Å². The SMILES string of the molecule is Cc1ccc(C(=O)N2CCN(c3ncccc3C(=O)N3CCCCC3)CC2)cc1F. The third kappa shape index (κ3) is 4.15. The predicted molar refractivity (Wildman–Crippen MR) is 113 cm³/mol. The number of carbonyl (C=O) groups excluding carboxylic acids is 2. The first-order valence-corrected chi connectivity index (χ1v) is 10.6. The van der Waals surface area contributed by atoms with Crippen LogP contribution in [-0.4, -0.2) is 65.9 Å². The lowest BCUT2D eigenvalue weighted by atomic mass is 10.1. The number of piperazine rings is 1. The molecule has 4 rings (SSSR count). The summed E-state index contributed by atoms with van der Waals surface area (Å²) in [6.45, 7) is 5.43. The third-order valence-electron chi connectivity index (χ3n) is 5.95. The highest BCUT2D eigenvalue weighted by molar-refractivity contribution is 5.99. The molecule has 1 aromatic carbocycles. The number of aryl methyl sites for hydroxylation is 1. The molecule has 0 bridgehead atoms. The van der Waals surface area contributed by atoms with Crippen LogP contribution in [0.2, 0.25) is 0 Å². The summed E-state index contributed by atoms with van der Waals surface area (Å²) in [6.07, 6.45) is 4.96. The lowest BCUT2D eigenvalue weighted by Gasteiger charge is -2.36. The number of amides is 2. The number of hydrogen-bond acceptors (Lipinski definition) is 4. The van der Waals surface area contributed by atoms with E-state index in [1.807, 2.05) is 11.0 Å². The summed E-state index contributed by atoms with van der Waals surface area (Å²) in [6, 6.07) is 8.24. The standard InChI is InChI=1S/C23H27FN4O2/c1-17-7-8-18(16-20(17)24)22(29)28-14-12-26(13-15-28)21-19(6-5-9-25-21)23(30)27-10-3-2-4-11-27/h5-9,16H,2-4,10-15H2,1H3. The highest BCUT2D eigenvalue weighted by atomic mass is 19.1. The zero-order chi connectivity index (χ0) is 21.1. The minimum atomic E-state index is -0.367. The highest BCUT2D eigenvalue weighted by Crippen LogP contribution is 2.23. The van der Waals surface area contributed by atoms with Crippen LogP contribution in [0.25, 0.3) is 0 Å². The van der Waals surface area contributed by atoms with Crippen molar-refractivity contribution < 1.29 is 14.0 Å². The number of benzene rings is 1. The molecule has 0 radical (unpaired) electrons. The van der Waals surface area contributed by atoms with Crippen molar-refractivity contribution in [3.05, 3.63) is 59.0 Å². The molecule has 2 fully saturated rings. The molecule has 2 saturated heterocycles. The van der Waals surface area contributed by atoms with Gasteiger partial charge in [0.15, 0.2) is 0 Å². The maximum Gasteiger partial charge on any atom is 0.257 e. The van der Waals surface area contributed by atoms with E-state index in [9.17, 15) is 14.0 Å². The molecule has 6 nitrogen and oxygen atoms in total. The van der Waals surface area contributed by atoms with Crippen LogP contribution in [0.4, 0.5) is 10.2 Å². The van der Waals surface area contributed by atoms with Crippen LogP contribution in [0, 0.1) is 12.7 Å². The van der Waals surface area contributed by atoms with Crippen molar-refractivity contribution in [2.24, 2.45) is 0 Å². The average Bonchev–Trinajstić information content (AvgIpc) is 2.80. The van der Waals surface area contributed by atoms with Crippen molar-refractivity contribution in [2.75, 3.05) is 44.2 Å². The Morgan fingerprint density at radius 1 is 0.900 bits per heavy atom. The smallest absolute Gasteiger partial charge is 0.257 e. The first kappa shape index (κ1) is 20.3. The van der Waals surface area contributed by atoms with Gasteiger partial charge >= 0.3 is 0 Å². The summed E-state index contributed by atoms with van der Waals surface area (Å²) < 4.78 is 13.8. The molecular formula is C23H27FN4O2. The van der Waals surface area contributed by atoms with Crippen molar-refractivity contribution in [2.45, 2.75) is 26.2 Å². The maximum absolute atomic E-state index is 13.8. The van der Waals surface area contributed by atoms with E-state index in [4.69, 9.17) is 0 Å². The largest absolute Gasteiger partial charge is 0.352 e. The normalized spacial score (nSPS) is 17.2. The van der Waals surface area contributed by atoms with Gasteiger partial charge in [0.05, 0.1) is 5.56 Å². The maximum atomic E-state index is 13.8. The van der Waals surface area contributed by atoms with Gasteiger partial charge in [0.25, 0.3) is 11.8 Å². The van der Waals surface area contributed by atoms with E-state index >= 15 is 0 Å². The van der Waals surface area contributed by atoms with Gasteiger partial charge in [0.1, 0.15) is 11.6 Å². The second kappa shape index (κ2) is 8.81. The van der Waals surface area contributed by atoms with Gasteiger partial charge in [-0.25, -0.2) is 9.37 Å². The highest BCUT2D eigenvalue weighted by Gasteiger charge is 2.27. The molecule has 2 amide bonds. The van der Waals surface area contributed by atoms with Crippen molar-refractivity contribution in [1.29, 1.82) is 0 Å². The number of rotatable bonds is 3. The van der Waals surface area contributed by atoms with Gasteiger partial charge in [-0.05, 0) is 56.0 Å². The molecule has 0 spiro atoms. The Kier molecular flexibility index (Phi) is 5.97. The van der Waals surface area contributed by atoms with Gasteiger partial charge in [-0.2, -0.15) is 0 Å².